The van der Waals surface area contributed by atoms with Crippen LogP contribution < -0.4 is 10.5 Å². The molecule has 0 bridgehead atoms. The number of anilines is 1. The molecule has 0 amide bonds. The molecular formula is C13H11F2NO. The van der Waals surface area contributed by atoms with Crippen LogP contribution in [-0.2, 0) is 0 Å². The molecule has 17 heavy (non-hydrogen) atoms. The van der Waals surface area contributed by atoms with Crippen molar-refractivity contribution in [2.45, 2.75) is 0 Å². The van der Waals surface area contributed by atoms with Crippen molar-refractivity contribution < 1.29 is 13.5 Å². The number of methoxy groups -OCH3 is 1. The van der Waals surface area contributed by atoms with Gasteiger partial charge in [-0.3, -0.25) is 0 Å². The van der Waals surface area contributed by atoms with Gasteiger partial charge in [0.2, 0.25) is 0 Å². The summed E-state index contributed by atoms with van der Waals surface area (Å²) in [6, 6.07) is 8.85. The number of halogens is 2. The molecule has 0 saturated heterocycles. The molecule has 4 heteroatoms. The maximum Gasteiger partial charge on any atom is 0.149 e. The van der Waals surface area contributed by atoms with Crippen LogP contribution in [0.25, 0.3) is 11.1 Å². The monoisotopic (exact) mass is 235 g/mol. The first kappa shape index (κ1) is 11.4. The van der Waals surface area contributed by atoms with Crippen LogP contribution >= 0.6 is 0 Å². The molecule has 0 spiro atoms. The van der Waals surface area contributed by atoms with Gasteiger partial charge in [0, 0.05) is 11.6 Å². The Balaban J connectivity index is 2.48. The molecule has 0 heterocycles. The van der Waals surface area contributed by atoms with Crippen LogP contribution in [0.1, 0.15) is 0 Å². The zero-order chi connectivity index (χ0) is 12.4. The fraction of sp³-hybridized carbons (Fsp3) is 0.0769. The normalized spacial score (nSPS) is 10.3. The minimum absolute atomic E-state index is 0.0720. The largest absolute Gasteiger partial charge is 0.497 e. The summed E-state index contributed by atoms with van der Waals surface area (Å²) >= 11 is 0. The number of hydrogen-bond donors (Lipinski definition) is 1. The van der Waals surface area contributed by atoms with E-state index in [1.165, 1.54) is 6.07 Å². The molecule has 2 nitrogen and oxygen atoms in total. The van der Waals surface area contributed by atoms with Crippen LogP contribution in [0.15, 0.2) is 36.4 Å². The first-order valence-corrected chi connectivity index (χ1v) is 5.01. The Hall–Kier alpha value is -2.10. The molecule has 0 unspecified atom stereocenters. The Morgan fingerprint density at radius 1 is 1.00 bits per heavy atom. The SMILES string of the molecule is COc1ccc(-c2cc(N)c(F)cc2F)cc1. The van der Waals surface area contributed by atoms with Crippen LogP contribution in [0.3, 0.4) is 0 Å². The summed E-state index contributed by atoms with van der Waals surface area (Å²) in [6.45, 7) is 0. The third-order valence-electron chi connectivity index (χ3n) is 2.49. The van der Waals surface area contributed by atoms with Crippen molar-refractivity contribution in [3.63, 3.8) is 0 Å². The number of benzene rings is 2. The van der Waals surface area contributed by atoms with Crippen LogP contribution in [0.4, 0.5) is 14.5 Å². The van der Waals surface area contributed by atoms with E-state index in [0.29, 0.717) is 11.3 Å². The summed E-state index contributed by atoms with van der Waals surface area (Å²) in [5.41, 5.74) is 6.23. The second-order valence-electron chi connectivity index (χ2n) is 3.58. The van der Waals surface area contributed by atoms with Crippen molar-refractivity contribution >= 4 is 5.69 Å². The summed E-state index contributed by atoms with van der Waals surface area (Å²) in [4.78, 5) is 0. The first-order chi connectivity index (χ1) is 8.11. The van der Waals surface area contributed by atoms with Crippen molar-refractivity contribution in [2.24, 2.45) is 0 Å². The molecule has 0 radical (unpaired) electrons. The van der Waals surface area contributed by atoms with Crippen LogP contribution in [0.5, 0.6) is 5.75 Å². The number of rotatable bonds is 2. The molecule has 2 N–H and O–H groups in total. The van der Waals surface area contributed by atoms with E-state index in [-0.39, 0.29) is 11.3 Å². The van der Waals surface area contributed by atoms with E-state index in [1.807, 2.05) is 0 Å². The maximum atomic E-state index is 13.6. The van der Waals surface area contributed by atoms with E-state index >= 15 is 0 Å². The highest BCUT2D eigenvalue weighted by Crippen LogP contribution is 2.28. The number of hydrogen-bond acceptors (Lipinski definition) is 2. The van der Waals surface area contributed by atoms with E-state index in [4.69, 9.17) is 10.5 Å². The van der Waals surface area contributed by atoms with Gasteiger partial charge in [-0.05, 0) is 23.8 Å². The Morgan fingerprint density at radius 3 is 2.24 bits per heavy atom. The lowest BCUT2D eigenvalue weighted by Crippen LogP contribution is -1.94. The molecule has 2 rings (SSSR count). The van der Waals surface area contributed by atoms with Gasteiger partial charge in [0.05, 0.1) is 12.8 Å². The molecule has 0 fully saturated rings. The molecule has 0 saturated carbocycles. The quantitative estimate of drug-likeness (QED) is 0.811. The topological polar surface area (TPSA) is 35.2 Å². The molecule has 2 aromatic carbocycles. The van der Waals surface area contributed by atoms with Crippen molar-refractivity contribution in [3.8, 4) is 16.9 Å². The second-order valence-corrected chi connectivity index (χ2v) is 3.58. The average Bonchev–Trinajstić information content (AvgIpc) is 2.34. The second kappa shape index (κ2) is 4.41. The minimum atomic E-state index is -0.750. The van der Waals surface area contributed by atoms with Crippen molar-refractivity contribution in [1.29, 1.82) is 0 Å². The Bertz CT molecular complexity index is 538. The molecule has 0 aliphatic rings. The third kappa shape index (κ3) is 2.20. The number of ether oxygens (including phenoxy) is 1. The zero-order valence-corrected chi connectivity index (χ0v) is 9.21. The standard InChI is InChI=1S/C13H11F2NO/c1-17-9-4-2-8(3-5-9)10-6-13(16)12(15)7-11(10)14/h2-7H,16H2,1H3. The van der Waals surface area contributed by atoms with Crippen LogP contribution in [0, 0.1) is 11.6 Å². The lowest BCUT2D eigenvalue weighted by atomic mass is 10.0. The lowest BCUT2D eigenvalue weighted by molar-refractivity contribution is 0.415. The van der Waals surface area contributed by atoms with Crippen molar-refractivity contribution in [2.75, 3.05) is 12.8 Å². The Morgan fingerprint density at radius 2 is 1.65 bits per heavy atom. The summed E-state index contributed by atoms with van der Waals surface area (Å²) in [5, 5.41) is 0. The minimum Gasteiger partial charge on any atom is -0.497 e. The summed E-state index contributed by atoms with van der Waals surface area (Å²) in [5.74, 6) is -0.717. The summed E-state index contributed by atoms with van der Waals surface area (Å²) in [6.07, 6.45) is 0. The van der Waals surface area contributed by atoms with Gasteiger partial charge < -0.3 is 10.5 Å². The van der Waals surface area contributed by atoms with E-state index in [0.717, 1.165) is 6.07 Å². The third-order valence-corrected chi connectivity index (χ3v) is 2.49. The van der Waals surface area contributed by atoms with Gasteiger partial charge in [-0.2, -0.15) is 0 Å². The highest BCUT2D eigenvalue weighted by atomic mass is 19.1. The molecule has 0 aromatic heterocycles. The van der Waals surface area contributed by atoms with Crippen LogP contribution in [-0.4, -0.2) is 7.11 Å². The van der Waals surface area contributed by atoms with Gasteiger partial charge in [-0.25, -0.2) is 8.78 Å². The zero-order valence-electron chi connectivity index (χ0n) is 9.21. The van der Waals surface area contributed by atoms with Gasteiger partial charge in [-0.1, -0.05) is 12.1 Å². The average molecular weight is 235 g/mol. The predicted octanol–water partition coefficient (Wildman–Crippen LogP) is 3.22. The molecule has 0 atom stereocenters. The van der Waals surface area contributed by atoms with Crippen LogP contribution in [0.2, 0.25) is 0 Å². The number of nitrogens with two attached hydrogens (primary N) is 1. The highest BCUT2D eigenvalue weighted by Gasteiger charge is 2.09. The number of nitrogen functional groups attached to an aromatic ring is 1. The van der Waals surface area contributed by atoms with Crippen molar-refractivity contribution in [3.05, 3.63) is 48.0 Å². The van der Waals surface area contributed by atoms with Gasteiger partial charge in [0.1, 0.15) is 17.4 Å². The smallest absolute Gasteiger partial charge is 0.149 e. The van der Waals surface area contributed by atoms with Crippen molar-refractivity contribution in [1.82, 2.24) is 0 Å². The Labute approximate surface area is 97.6 Å². The predicted molar refractivity (Wildman–Crippen MR) is 62.8 cm³/mol. The fourth-order valence-corrected chi connectivity index (χ4v) is 1.56. The van der Waals surface area contributed by atoms with E-state index < -0.39 is 11.6 Å². The molecule has 0 aliphatic heterocycles. The maximum absolute atomic E-state index is 13.6. The van der Waals surface area contributed by atoms with Gasteiger partial charge in [0.15, 0.2) is 0 Å². The fourth-order valence-electron chi connectivity index (χ4n) is 1.56. The molecule has 2 aromatic rings. The first-order valence-electron chi connectivity index (χ1n) is 5.01. The van der Waals surface area contributed by atoms with Gasteiger partial charge in [0.25, 0.3) is 0 Å². The van der Waals surface area contributed by atoms with Gasteiger partial charge >= 0.3 is 0 Å². The summed E-state index contributed by atoms with van der Waals surface area (Å²) in [7, 11) is 1.55. The molecular weight excluding hydrogens is 224 g/mol. The lowest BCUT2D eigenvalue weighted by Gasteiger charge is -2.07. The molecule has 0 aliphatic carbocycles. The van der Waals surface area contributed by atoms with Gasteiger partial charge in [-0.15, -0.1) is 0 Å². The van der Waals surface area contributed by atoms with E-state index in [2.05, 4.69) is 0 Å². The highest BCUT2D eigenvalue weighted by molar-refractivity contribution is 5.68. The Kier molecular flexibility index (Phi) is 2.95. The summed E-state index contributed by atoms with van der Waals surface area (Å²) < 4.78 is 31.6. The molecule has 88 valence electrons. The van der Waals surface area contributed by atoms with E-state index in [1.54, 1.807) is 31.4 Å². The van der Waals surface area contributed by atoms with E-state index in [9.17, 15) is 8.78 Å².